The Hall–Kier alpha value is -3.41. The Labute approximate surface area is 198 Å². The molecule has 3 amide bonds. The average molecular weight is 480 g/mol. The molecular formula is C22H33N5O7. The smallest absolute Gasteiger partial charge is 0.407 e. The molecule has 12 heteroatoms. The lowest BCUT2D eigenvalue weighted by molar-refractivity contribution is -0.143. The molecule has 3 atom stereocenters. The number of amides is 3. The number of aliphatic carboxylic acids is 1. The van der Waals surface area contributed by atoms with Crippen LogP contribution in [0.4, 0.5) is 10.6 Å². The second-order valence-corrected chi connectivity index (χ2v) is 8.76. The van der Waals surface area contributed by atoms with E-state index in [1.54, 1.807) is 32.2 Å². The Bertz CT molecular complexity index is 864. The highest BCUT2D eigenvalue weighted by atomic mass is 16.5. The number of nitrogens with zero attached hydrogens (tertiary/aromatic N) is 2. The fourth-order valence-electron chi connectivity index (χ4n) is 3.29. The summed E-state index contributed by atoms with van der Waals surface area (Å²) in [5, 5.41) is 26.8. The lowest BCUT2D eigenvalue weighted by Crippen LogP contribution is -2.52. The molecule has 5 N–H and O–H groups in total. The van der Waals surface area contributed by atoms with Crippen LogP contribution in [0.5, 0.6) is 0 Å². The molecule has 0 spiro atoms. The lowest BCUT2D eigenvalue weighted by Gasteiger charge is -2.24. The highest BCUT2D eigenvalue weighted by Gasteiger charge is 2.36. The number of hydrogen-bond donors (Lipinski definition) is 5. The minimum atomic E-state index is -1.28. The summed E-state index contributed by atoms with van der Waals surface area (Å²) in [5.41, 5.74) is -0.735. The van der Waals surface area contributed by atoms with Gasteiger partial charge in [-0.3, -0.25) is 9.59 Å². The number of likely N-dealkylation sites (tertiary alicyclic amines) is 1. The van der Waals surface area contributed by atoms with E-state index in [2.05, 4.69) is 20.9 Å². The van der Waals surface area contributed by atoms with Crippen molar-refractivity contribution in [1.82, 2.24) is 20.5 Å². The van der Waals surface area contributed by atoms with Crippen LogP contribution in [-0.4, -0.2) is 88.4 Å². The minimum absolute atomic E-state index is 0.108. The average Bonchev–Trinajstić information content (AvgIpc) is 3.22. The van der Waals surface area contributed by atoms with Gasteiger partial charge in [0, 0.05) is 24.7 Å². The molecule has 0 aromatic carbocycles. The number of ether oxygens (including phenoxy) is 1. The molecule has 1 aromatic heterocycles. The fourth-order valence-corrected chi connectivity index (χ4v) is 3.29. The zero-order valence-corrected chi connectivity index (χ0v) is 19.6. The van der Waals surface area contributed by atoms with E-state index in [1.807, 2.05) is 13.0 Å². The predicted octanol–water partition coefficient (Wildman–Crippen LogP) is 0.753. The van der Waals surface area contributed by atoms with Gasteiger partial charge in [0.05, 0.1) is 18.7 Å². The number of hydrogen-bond acceptors (Lipinski definition) is 7. The van der Waals surface area contributed by atoms with E-state index in [9.17, 15) is 29.4 Å². The van der Waals surface area contributed by atoms with Crippen LogP contribution in [0, 0.1) is 5.41 Å². The first-order valence-corrected chi connectivity index (χ1v) is 11.1. The molecule has 0 aliphatic carbocycles. The SMILES string of the molecule is CCC(C)(C)C(=O)NC(CNC(=O)COC1CC(CNc2ccccn2)N(C(=O)O)C1)C(=O)O. The summed E-state index contributed by atoms with van der Waals surface area (Å²) < 4.78 is 5.58. The molecule has 0 radical (unpaired) electrons. The van der Waals surface area contributed by atoms with Crippen molar-refractivity contribution in [2.75, 3.05) is 31.6 Å². The van der Waals surface area contributed by atoms with Crippen LogP contribution >= 0.6 is 0 Å². The maximum atomic E-state index is 12.2. The summed E-state index contributed by atoms with van der Waals surface area (Å²) in [6.45, 7) is 5.01. The number of nitrogens with one attached hydrogen (secondary N) is 3. The van der Waals surface area contributed by atoms with E-state index in [4.69, 9.17) is 4.74 Å². The number of carboxylic acid groups (broad SMARTS) is 2. The molecule has 34 heavy (non-hydrogen) atoms. The van der Waals surface area contributed by atoms with Crippen LogP contribution in [0.25, 0.3) is 0 Å². The summed E-state index contributed by atoms with van der Waals surface area (Å²) in [6.07, 6.45) is 0.968. The summed E-state index contributed by atoms with van der Waals surface area (Å²) >= 11 is 0. The number of aromatic nitrogens is 1. The monoisotopic (exact) mass is 479 g/mol. The van der Waals surface area contributed by atoms with Crippen LogP contribution in [0.1, 0.15) is 33.6 Å². The van der Waals surface area contributed by atoms with Gasteiger partial charge in [-0.2, -0.15) is 0 Å². The Balaban J connectivity index is 1.81. The zero-order chi connectivity index (χ0) is 25.3. The molecule has 0 saturated carbocycles. The number of pyridine rings is 1. The lowest BCUT2D eigenvalue weighted by atomic mass is 9.89. The molecule has 2 rings (SSSR count). The Kier molecular flexibility index (Phi) is 9.60. The van der Waals surface area contributed by atoms with Crippen molar-refractivity contribution >= 4 is 29.7 Å². The summed E-state index contributed by atoms with van der Waals surface area (Å²) in [5.74, 6) is -1.62. The largest absolute Gasteiger partial charge is 0.480 e. The standard InChI is InChI=1S/C22H33N5O7/c1-4-22(2,3)20(31)26-16(19(29)30)11-25-18(28)13-34-15-9-14(27(12-15)21(32)33)10-24-17-7-5-6-8-23-17/h5-8,14-16H,4,9-13H2,1-3H3,(H,23,24)(H,25,28)(H,26,31)(H,29,30)(H,32,33). The Morgan fingerprint density at radius 1 is 1.26 bits per heavy atom. The van der Waals surface area contributed by atoms with Gasteiger partial charge >= 0.3 is 12.1 Å². The van der Waals surface area contributed by atoms with Crippen LogP contribution in [0.2, 0.25) is 0 Å². The highest BCUT2D eigenvalue weighted by molar-refractivity contribution is 5.87. The third-order valence-electron chi connectivity index (χ3n) is 5.86. The maximum absolute atomic E-state index is 12.2. The molecule has 12 nitrogen and oxygen atoms in total. The summed E-state index contributed by atoms with van der Waals surface area (Å²) in [6, 6.07) is 3.72. The number of anilines is 1. The van der Waals surface area contributed by atoms with E-state index < -0.39 is 41.4 Å². The third-order valence-corrected chi connectivity index (χ3v) is 5.86. The molecule has 3 unspecified atom stereocenters. The van der Waals surface area contributed by atoms with Crippen LogP contribution < -0.4 is 16.0 Å². The molecule has 0 bridgehead atoms. The van der Waals surface area contributed by atoms with E-state index in [0.29, 0.717) is 25.2 Å². The van der Waals surface area contributed by atoms with Crippen molar-refractivity contribution in [3.05, 3.63) is 24.4 Å². The van der Waals surface area contributed by atoms with Crippen LogP contribution in [0.3, 0.4) is 0 Å². The first kappa shape index (κ1) is 26.8. The first-order chi connectivity index (χ1) is 16.0. The Morgan fingerprint density at radius 3 is 2.59 bits per heavy atom. The van der Waals surface area contributed by atoms with E-state index in [0.717, 1.165) is 0 Å². The molecule has 2 heterocycles. The third kappa shape index (κ3) is 7.87. The first-order valence-electron chi connectivity index (χ1n) is 11.1. The summed E-state index contributed by atoms with van der Waals surface area (Å²) in [7, 11) is 0. The number of carbonyl (C=O) groups is 4. The Morgan fingerprint density at radius 2 is 2.00 bits per heavy atom. The molecule has 1 saturated heterocycles. The van der Waals surface area contributed by atoms with Gasteiger partial charge in [-0.1, -0.05) is 26.8 Å². The van der Waals surface area contributed by atoms with Gasteiger partial charge in [0.15, 0.2) is 0 Å². The van der Waals surface area contributed by atoms with Crippen LogP contribution in [-0.2, 0) is 19.1 Å². The molecule has 1 aliphatic heterocycles. The topological polar surface area (TPSA) is 170 Å². The quantitative estimate of drug-likeness (QED) is 0.290. The van der Waals surface area contributed by atoms with Crippen molar-refractivity contribution in [3.8, 4) is 0 Å². The van der Waals surface area contributed by atoms with Crippen molar-refractivity contribution in [2.45, 2.75) is 51.8 Å². The highest BCUT2D eigenvalue weighted by Crippen LogP contribution is 2.21. The molecule has 188 valence electrons. The number of rotatable bonds is 12. The van der Waals surface area contributed by atoms with Crippen molar-refractivity contribution < 1.29 is 34.1 Å². The molecule has 1 aromatic rings. The second-order valence-electron chi connectivity index (χ2n) is 8.76. The maximum Gasteiger partial charge on any atom is 0.407 e. The van der Waals surface area contributed by atoms with Crippen molar-refractivity contribution in [3.63, 3.8) is 0 Å². The molecular weight excluding hydrogens is 446 g/mol. The number of carboxylic acids is 1. The van der Waals surface area contributed by atoms with Gasteiger partial charge in [0.1, 0.15) is 18.5 Å². The minimum Gasteiger partial charge on any atom is -0.480 e. The van der Waals surface area contributed by atoms with Gasteiger partial charge in [-0.05, 0) is 25.0 Å². The van der Waals surface area contributed by atoms with Gasteiger partial charge in [0.25, 0.3) is 0 Å². The van der Waals surface area contributed by atoms with Crippen LogP contribution in [0.15, 0.2) is 24.4 Å². The van der Waals surface area contributed by atoms with Gasteiger partial charge < -0.3 is 35.8 Å². The fraction of sp³-hybridized carbons (Fsp3) is 0.591. The van der Waals surface area contributed by atoms with Gasteiger partial charge in [-0.15, -0.1) is 0 Å². The zero-order valence-electron chi connectivity index (χ0n) is 19.6. The second kappa shape index (κ2) is 12.2. The van der Waals surface area contributed by atoms with E-state index >= 15 is 0 Å². The normalized spacial score (nSPS) is 18.7. The predicted molar refractivity (Wildman–Crippen MR) is 122 cm³/mol. The van der Waals surface area contributed by atoms with Gasteiger partial charge in [-0.25, -0.2) is 14.6 Å². The molecule has 1 aliphatic rings. The number of carbonyl (C=O) groups excluding carboxylic acids is 2. The van der Waals surface area contributed by atoms with Crippen molar-refractivity contribution in [2.24, 2.45) is 5.41 Å². The molecule has 1 fully saturated rings. The van der Waals surface area contributed by atoms with Crippen molar-refractivity contribution in [1.29, 1.82) is 0 Å². The van der Waals surface area contributed by atoms with E-state index in [-0.39, 0.29) is 25.7 Å². The van der Waals surface area contributed by atoms with E-state index in [1.165, 1.54) is 4.90 Å². The van der Waals surface area contributed by atoms with Gasteiger partial charge in [0.2, 0.25) is 11.8 Å². The summed E-state index contributed by atoms with van der Waals surface area (Å²) in [4.78, 5) is 52.9.